The van der Waals surface area contributed by atoms with Crippen molar-refractivity contribution in [1.29, 1.82) is 0 Å². The number of ether oxygens (including phenoxy) is 1. The molecule has 8 heteroatoms. The van der Waals surface area contributed by atoms with Gasteiger partial charge >= 0.3 is 0 Å². The normalized spacial score (nSPS) is 19.4. The Morgan fingerprint density at radius 2 is 1.87 bits per heavy atom. The van der Waals surface area contributed by atoms with E-state index in [4.69, 9.17) is 4.74 Å². The highest BCUT2D eigenvalue weighted by molar-refractivity contribution is 5.95. The van der Waals surface area contributed by atoms with Crippen LogP contribution in [0.2, 0.25) is 0 Å². The van der Waals surface area contributed by atoms with Crippen LogP contribution in [0.4, 0.5) is 4.39 Å². The highest BCUT2D eigenvalue weighted by Gasteiger charge is 2.28. The van der Waals surface area contributed by atoms with Crippen LogP contribution in [0.25, 0.3) is 0 Å². The highest BCUT2D eigenvalue weighted by Crippen LogP contribution is 2.26. The molecule has 0 unspecified atom stereocenters. The fourth-order valence-electron chi connectivity index (χ4n) is 4.13. The van der Waals surface area contributed by atoms with Crippen LogP contribution >= 0.6 is 0 Å². The first-order chi connectivity index (χ1) is 15.0. The molecule has 0 N–H and O–H groups in total. The van der Waals surface area contributed by atoms with E-state index < -0.39 is 0 Å². The Hall–Kier alpha value is -2.87. The largest absolute Gasteiger partial charge is 0.378 e. The molecule has 31 heavy (non-hydrogen) atoms. The molecule has 0 bridgehead atoms. The van der Waals surface area contributed by atoms with Crippen molar-refractivity contribution in [3.8, 4) is 0 Å². The molecule has 1 aromatic carbocycles. The van der Waals surface area contributed by atoms with Gasteiger partial charge in [0.2, 0.25) is 5.91 Å². The van der Waals surface area contributed by atoms with Crippen molar-refractivity contribution in [2.24, 2.45) is 0 Å². The summed E-state index contributed by atoms with van der Waals surface area (Å²) in [6.07, 6.45) is 3.64. The number of carbonyl (C=O) groups is 2. The Kier molecular flexibility index (Phi) is 6.56. The van der Waals surface area contributed by atoms with Gasteiger partial charge in [-0.15, -0.1) is 0 Å². The number of aryl methyl sites for hydroxylation is 1. The Morgan fingerprint density at radius 3 is 2.58 bits per heavy atom. The Labute approximate surface area is 181 Å². The lowest BCUT2D eigenvalue weighted by Crippen LogP contribution is -2.41. The first-order valence-corrected chi connectivity index (χ1v) is 10.7. The van der Waals surface area contributed by atoms with Gasteiger partial charge in [-0.1, -0.05) is 12.1 Å². The number of nitrogens with zero attached hydrogens (tertiary/aromatic N) is 4. The lowest BCUT2D eigenvalue weighted by atomic mass is 9.96. The summed E-state index contributed by atoms with van der Waals surface area (Å²) in [5.41, 5.74) is 1.98. The fourth-order valence-corrected chi connectivity index (χ4v) is 4.13. The van der Waals surface area contributed by atoms with E-state index in [9.17, 15) is 14.0 Å². The van der Waals surface area contributed by atoms with Crippen molar-refractivity contribution in [1.82, 2.24) is 19.8 Å². The van der Waals surface area contributed by atoms with Gasteiger partial charge in [-0.25, -0.2) is 14.4 Å². The Balaban J connectivity index is 1.41. The monoisotopic (exact) mass is 426 g/mol. The third-order valence-corrected chi connectivity index (χ3v) is 5.93. The number of hydrogen-bond acceptors (Lipinski definition) is 5. The zero-order valence-corrected chi connectivity index (χ0v) is 17.7. The van der Waals surface area contributed by atoms with Gasteiger partial charge in [0, 0.05) is 38.3 Å². The predicted octanol–water partition coefficient (Wildman–Crippen LogP) is 2.35. The summed E-state index contributed by atoms with van der Waals surface area (Å²) < 4.78 is 18.4. The third kappa shape index (κ3) is 5.07. The Bertz CT molecular complexity index is 944. The van der Waals surface area contributed by atoms with Gasteiger partial charge in [-0.2, -0.15) is 0 Å². The van der Waals surface area contributed by atoms with Crippen LogP contribution in [0, 0.1) is 12.7 Å². The zero-order chi connectivity index (χ0) is 21.8. The van der Waals surface area contributed by atoms with Gasteiger partial charge in [0.25, 0.3) is 5.91 Å². The number of aromatic nitrogens is 2. The quantitative estimate of drug-likeness (QED) is 0.750. The van der Waals surface area contributed by atoms with Crippen LogP contribution in [0.5, 0.6) is 0 Å². The summed E-state index contributed by atoms with van der Waals surface area (Å²) in [6, 6.07) is 6.03. The van der Waals surface area contributed by atoms with E-state index >= 15 is 0 Å². The summed E-state index contributed by atoms with van der Waals surface area (Å²) in [7, 11) is 0. The number of piperidine rings is 1. The molecule has 2 amide bonds. The van der Waals surface area contributed by atoms with E-state index in [0.717, 1.165) is 18.4 Å². The minimum atomic E-state index is -0.308. The molecule has 2 fully saturated rings. The molecule has 1 aromatic heterocycles. The maximum atomic E-state index is 13.1. The van der Waals surface area contributed by atoms with Crippen molar-refractivity contribution in [3.63, 3.8) is 0 Å². The van der Waals surface area contributed by atoms with E-state index in [2.05, 4.69) is 9.97 Å². The molecule has 2 saturated heterocycles. The molecule has 2 aromatic rings. The second kappa shape index (κ2) is 9.51. The van der Waals surface area contributed by atoms with E-state index in [-0.39, 0.29) is 30.0 Å². The average Bonchev–Trinajstić information content (AvgIpc) is 2.80. The third-order valence-electron chi connectivity index (χ3n) is 5.93. The van der Waals surface area contributed by atoms with Crippen LogP contribution in [0.3, 0.4) is 0 Å². The van der Waals surface area contributed by atoms with Crippen molar-refractivity contribution < 1.29 is 18.7 Å². The summed E-state index contributed by atoms with van der Waals surface area (Å²) in [6.45, 7) is 5.33. The summed E-state index contributed by atoms with van der Waals surface area (Å²) in [5.74, 6) is 0.365. The molecule has 3 heterocycles. The first-order valence-electron chi connectivity index (χ1n) is 10.7. The Morgan fingerprint density at radius 1 is 1.13 bits per heavy atom. The van der Waals surface area contributed by atoms with Gasteiger partial charge in [-0.05, 0) is 37.5 Å². The fraction of sp³-hybridized carbons (Fsp3) is 0.478. The van der Waals surface area contributed by atoms with Gasteiger partial charge in [0.15, 0.2) is 0 Å². The number of amides is 2. The molecule has 2 aliphatic heterocycles. The maximum absolute atomic E-state index is 13.1. The van der Waals surface area contributed by atoms with Crippen LogP contribution < -0.4 is 0 Å². The molecule has 0 saturated carbocycles. The number of likely N-dealkylation sites (tertiary alicyclic amines) is 1. The van der Waals surface area contributed by atoms with E-state index in [0.29, 0.717) is 56.5 Å². The number of carbonyl (C=O) groups excluding carboxylic acids is 2. The van der Waals surface area contributed by atoms with Crippen molar-refractivity contribution >= 4 is 11.8 Å². The molecule has 0 radical (unpaired) electrons. The van der Waals surface area contributed by atoms with Gasteiger partial charge in [0.1, 0.15) is 11.6 Å². The average molecular weight is 426 g/mol. The van der Waals surface area contributed by atoms with Crippen LogP contribution in [-0.4, -0.2) is 71.0 Å². The SMILES string of the molecule is Cc1nc([C@@H]2CCCN(C(=O)Cc3ccc(F)cc3)C2)ncc1C(=O)N1CCOCC1. The summed E-state index contributed by atoms with van der Waals surface area (Å²) >= 11 is 0. The predicted molar refractivity (Wildman–Crippen MR) is 112 cm³/mol. The number of hydrogen-bond donors (Lipinski definition) is 0. The van der Waals surface area contributed by atoms with Crippen molar-refractivity contribution in [2.75, 3.05) is 39.4 Å². The topological polar surface area (TPSA) is 75.6 Å². The number of morpholine rings is 1. The molecule has 7 nitrogen and oxygen atoms in total. The standard InChI is InChI=1S/C23H27FN4O3/c1-16-20(23(30)27-9-11-31-12-10-27)14-25-22(26-16)18-3-2-8-28(15-18)21(29)13-17-4-6-19(24)7-5-17/h4-7,14,18H,2-3,8-13,15H2,1H3/t18-/m1/s1. The molecular weight excluding hydrogens is 399 g/mol. The lowest BCUT2D eigenvalue weighted by molar-refractivity contribution is -0.131. The van der Waals surface area contributed by atoms with Gasteiger partial charge in [-0.3, -0.25) is 9.59 Å². The molecule has 4 rings (SSSR count). The molecule has 2 aliphatic rings. The maximum Gasteiger partial charge on any atom is 0.257 e. The molecule has 0 spiro atoms. The van der Waals surface area contributed by atoms with E-state index in [1.807, 2.05) is 11.8 Å². The first kappa shape index (κ1) is 21.4. The van der Waals surface area contributed by atoms with Crippen LogP contribution in [0.1, 0.15) is 46.2 Å². The minimum Gasteiger partial charge on any atom is -0.378 e. The summed E-state index contributed by atoms with van der Waals surface area (Å²) in [4.78, 5) is 38.2. The van der Waals surface area contributed by atoms with Crippen molar-refractivity contribution in [2.45, 2.75) is 32.1 Å². The van der Waals surface area contributed by atoms with E-state index in [1.54, 1.807) is 23.2 Å². The van der Waals surface area contributed by atoms with Gasteiger partial charge in [0.05, 0.1) is 30.9 Å². The van der Waals surface area contributed by atoms with E-state index in [1.165, 1.54) is 12.1 Å². The second-order valence-corrected chi connectivity index (χ2v) is 8.11. The van der Waals surface area contributed by atoms with Crippen LogP contribution in [0.15, 0.2) is 30.5 Å². The smallest absolute Gasteiger partial charge is 0.257 e. The lowest BCUT2D eigenvalue weighted by Gasteiger charge is -2.32. The zero-order valence-electron chi connectivity index (χ0n) is 17.7. The molecule has 164 valence electrons. The minimum absolute atomic E-state index is 0.0205. The molecule has 1 atom stereocenters. The number of benzene rings is 1. The van der Waals surface area contributed by atoms with Gasteiger partial charge < -0.3 is 14.5 Å². The van der Waals surface area contributed by atoms with Crippen LogP contribution in [-0.2, 0) is 16.0 Å². The molecule has 0 aliphatic carbocycles. The van der Waals surface area contributed by atoms with Crippen molar-refractivity contribution in [3.05, 3.63) is 58.9 Å². The number of rotatable bonds is 4. The molecular formula is C23H27FN4O3. The number of halogens is 1. The second-order valence-electron chi connectivity index (χ2n) is 8.11. The highest BCUT2D eigenvalue weighted by atomic mass is 19.1. The summed E-state index contributed by atoms with van der Waals surface area (Å²) in [5, 5.41) is 0.